The van der Waals surface area contributed by atoms with Crippen LogP contribution < -0.4 is 10.7 Å². The topological polar surface area (TPSA) is 100 Å². The Morgan fingerprint density at radius 1 is 1.37 bits per heavy atom. The lowest BCUT2D eigenvalue weighted by Crippen LogP contribution is -2.42. The van der Waals surface area contributed by atoms with E-state index in [4.69, 9.17) is 5.11 Å². The molecule has 0 saturated heterocycles. The fourth-order valence-corrected chi connectivity index (χ4v) is 5.14. The Morgan fingerprint density at radius 3 is 3.00 bits per heavy atom. The number of allylic oxidation sites excluding steroid dienone is 2. The number of benzene rings is 1. The third kappa shape index (κ3) is 4.54. The summed E-state index contributed by atoms with van der Waals surface area (Å²) in [4.78, 5) is 16.2. The van der Waals surface area contributed by atoms with Gasteiger partial charge in [0.1, 0.15) is 5.82 Å². The maximum atomic E-state index is 14.5. The molecule has 0 radical (unpaired) electrons. The zero-order valence-electron chi connectivity index (χ0n) is 19.9. The summed E-state index contributed by atoms with van der Waals surface area (Å²) in [5.41, 5.74) is 10.6. The first kappa shape index (κ1) is 23.5. The van der Waals surface area contributed by atoms with Crippen molar-refractivity contribution >= 4 is 23.3 Å². The largest absolute Gasteiger partial charge is 0.394 e. The van der Waals surface area contributed by atoms with E-state index < -0.39 is 6.10 Å². The Labute approximate surface area is 203 Å². The number of carbonyl (C=O) groups excluding carboxylic acids is 1. The summed E-state index contributed by atoms with van der Waals surface area (Å²) >= 11 is 0. The molecule has 2 unspecified atom stereocenters. The molecule has 35 heavy (non-hydrogen) atoms. The number of aliphatic hydroxyl groups excluding tert-OH is 2. The minimum Gasteiger partial charge on any atom is -0.394 e. The van der Waals surface area contributed by atoms with Gasteiger partial charge < -0.3 is 25.3 Å². The Hall–Kier alpha value is -3.27. The van der Waals surface area contributed by atoms with E-state index >= 15 is 0 Å². The first-order chi connectivity index (χ1) is 16.8. The molecular weight excluding hydrogens is 449 g/mol. The summed E-state index contributed by atoms with van der Waals surface area (Å²) in [5.74, 6) is -0.375. The van der Waals surface area contributed by atoms with E-state index in [1.165, 1.54) is 11.0 Å². The van der Waals surface area contributed by atoms with Gasteiger partial charge in [-0.3, -0.25) is 10.2 Å². The quantitative estimate of drug-likeness (QED) is 0.489. The molecule has 0 fully saturated rings. The van der Waals surface area contributed by atoms with Crippen LogP contribution in [-0.4, -0.2) is 84.1 Å². The van der Waals surface area contributed by atoms with Crippen LogP contribution in [0.4, 0.5) is 4.39 Å². The van der Waals surface area contributed by atoms with Crippen molar-refractivity contribution in [2.24, 2.45) is 5.10 Å². The molecule has 0 spiro atoms. The normalized spacial score (nSPS) is 21.3. The smallest absolute Gasteiger partial charge is 0.223 e. The van der Waals surface area contributed by atoms with E-state index in [2.05, 4.69) is 26.8 Å². The third-order valence-electron chi connectivity index (χ3n) is 6.87. The van der Waals surface area contributed by atoms with Crippen LogP contribution in [0.3, 0.4) is 0 Å². The fourth-order valence-electron chi connectivity index (χ4n) is 5.14. The molecule has 1 aromatic carbocycles. The SMILES string of the molecule is CN1C=C2C(=C(C3=CCNC(CC(=O)N(C)CC(O)CO)C3)C1)NN=C1C=Cc3cc(F)cc2c31. The number of hydrazone groups is 1. The average molecular weight is 480 g/mol. The Bertz CT molecular complexity index is 1220. The summed E-state index contributed by atoms with van der Waals surface area (Å²) in [7, 11) is 3.63. The molecule has 5 rings (SSSR count). The van der Waals surface area contributed by atoms with Crippen molar-refractivity contribution in [3.63, 3.8) is 0 Å². The van der Waals surface area contributed by atoms with Crippen LogP contribution in [0.1, 0.15) is 29.5 Å². The minimum absolute atomic E-state index is 0.0630. The number of carbonyl (C=O) groups is 1. The molecule has 2 atom stereocenters. The van der Waals surface area contributed by atoms with Gasteiger partial charge >= 0.3 is 0 Å². The number of hydrogen-bond acceptors (Lipinski definition) is 7. The molecule has 0 saturated carbocycles. The van der Waals surface area contributed by atoms with Crippen molar-refractivity contribution in [2.75, 3.05) is 40.3 Å². The monoisotopic (exact) mass is 479 g/mol. The summed E-state index contributed by atoms with van der Waals surface area (Å²) in [6, 6.07) is 3.05. The van der Waals surface area contributed by atoms with E-state index in [0.29, 0.717) is 19.5 Å². The van der Waals surface area contributed by atoms with Crippen molar-refractivity contribution in [1.29, 1.82) is 0 Å². The summed E-state index contributed by atoms with van der Waals surface area (Å²) in [5, 5.41) is 26.7. The van der Waals surface area contributed by atoms with Crippen molar-refractivity contribution in [1.82, 2.24) is 20.5 Å². The molecule has 1 amide bonds. The van der Waals surface area contributed by atoms with Crippen LogP contribution in [0.15, 0.2) is 52.4 Å². The lowest BCUT2D eigenvalue weighted by Gasteiger charge is -2.33. The predicted octanol–water partition coefficient (Wildman–Crippen LogP) is 1.19. The highest BCUT2D eigenvalue weighted by Crippen LogP contribution is 2.39. The van der Waals surface area contributed by atoms with Gasteiger partial charge in [-0.15, -0.1) is 0 Å². The first-order valence-electron chi connectivity index (χ1n) is 11.8. The van der Waals surface area contributed by atoms with Crippen LogP contribution in [0.5, 0.6) is 0 Å². The van der Waals surface area contributed by atoms with Gasteiger partial charge in [-0.25, -0.2) is 4.39 Å². The maximum Gasteiger partial charge on any atom is 0.223 e. The van der Waals surface area contributed by atoms with Crippen LogP contribution >= 0.6 is 0 Å². The molecule has 184 valence electrons. The number of likely N-dealkylation sites (N-methyl/N-ethyl adjacent to an activating group) is 2. The fraction of sp³-hybridized carbons (Fsp3) is 0.385. The highest BCUT2D eigenvalue weighted by Gasteiger charge is 2.31. The maximum absolute atomic E-state index is 14.5. The Kier molecular flexibility index (Phi) is 6.31. The second kappa shape index (κ2) is 9.41. The second-order valence-electron chi connectivity index (χ2n) is 9.52. The molecule has 1 aliphatic carbocycles. The van der Waals surface area contributed by atoms with Crippen LogP contribution in [-0.2, 0) is 4.79 Å². The van der Waals surface area contributed by atoms with Crippen molar-refractivity contribution < 1.29 is 19.4 Å². The molecule has 3 aliphatic heterocycles. The number of halogens is 1. The number of nitrogens with zero attached hydrogens (tertiary/aromatic N) is 3. The molecule has 0 aromatic heterocycles. The summed E-state index contributed by atoms with van der Waals surface area (Å²) in [6.07, 6.45) is 7.95. The van der Waals surface area contributed by atoms with Crippen LogP contribution in [0.2, 0.25) is 0 Å². The van der Waals surface area contributed by atoms with Crippen LogP contribution in [0.25, 0.3) is 11.6 Å². The number of rotatable bonds is 6. The van der Waals surface area contributed by atoms with E-state index in [9.17, 15) is 14.3 Å². The van der Waals surface area contributed by atoms with Gasteiger partial charge in [0.15, 0.2) is 0 Å². The van der Waals surface area contributed by atoms with Gasteiger partial charge in [-0.05, 0) is 41.3 Å². The summed E-state index contributed by atoms with van der Waals surface area (Å²) < 4.78 is 14.5. The number of hydrogen-bond donors (Lipinski definition) is 4. The molecule has 9 heteroatoms. The minimum atomic E-state index is -0.949. The highest BCUT2D eigenvalue weighted by molar-refractivity contribution is 6.20. The highest BCUT2D eigenvalue weighted by atomic mass is 19.1. The molecule has 4 N–H and O–H groups in total. The lowest BCUT2D eigenvalue weighted by molar-refractivity contribution is -0.132. The average Bonchev–Trinajstić information content (AvgIpc) is 3.17. The van der Waals surface area contributed by atoms with Crippen molar-refractivity contribution in [2.45, 2.75) is 25.0 Å². The molecule has 3 heterocycles. The number of aliphatic hydroxyl groups is 2. The molecule has 0 bridgehead atoms. The zero-order valence-corrected chi connectivity index (χ0v) is 19.9. The van der Waals surface area contributed by atoms with E-state index in [0.717, 1.165) is 44.8 Å². The Morgan fingerprint density at radius 2 is 2.20 bits per heavy atom. The first-order valence-corrected chi connectivity index (χ1v) is 11.8. The number of nitrogens with one attached hydrogen (secondary N) is 2. The summed E-state index contributed by atoms with van der Waals surface area (Å²) in [6.45, 7) is 1.01. The van der Waals surface area contributed by atoms with E-state index in [-0.39, 0.29) is 37.3 Å². The van der Waals surface area contributed by atoms with Gasteiger partial charge in [0.05, 0.1) is 24.1 Å². The molecule has 4 aliphatic rings. The van der Waals surface area contributed by atoms with Gasteiger partial charge in [-0.1, -0.05) is 12.2 Å². The van der Waals surface area contributed by atoms with Crippen LogP contribution in [0, 0.1) is 5.82 Å². The van der Waals surface area contributed by atoms with Gasteiger partial charge in [-0.2, -0.15) is 5.10 Å². The Balaban J connectivity index is 1.42. The standard InChI is InChI=1S/C26H30FN5O3/c1-31-12-21(15-5-6-28-18(8-15)10-24(35)32(2)11-19(34)14-33)26-22(13-31)20-9-17(27)7-16-3-4-23(25(16)20)29-30-26/h3-5,7,9,13,18-19,28,30,33-34H,6,8,10-12,14H2,1-2H3. The van der Waals surface area contributed by atoms with E-state index in [1.54, 1.807) is 13.1 Å². The molecule has 1 aromatic rings. The predicted molar refractivity (Wildman–Crippen MR) is 133 cm³/mol. The lowest BCUT2D eigenvalue weighted by atomic mass is 9.86. The van der Waals surface area contributed by atoms with Crippen molar-refractivity contribution in [3.05, 3.63) is 69.8 Å². The second-order valence-corrected chi connectivity index (χ2v) is 9.52. The van der Waals surface area contributed by atoms with Gasteiger partial charge in [0.25, 0.3) is 0 Å². The van der Waals surface area contributed by atoms with Gasteiger partial charge in [0.2, 0.25) is 5.91 Å². The van der Waals surface area contributed by atoms with Gasteiger partial charge in [0, 0.05) is 69.1 Å². The van der Waals surface area contributed by atoms with E-state index in [1.807, 2.05) is 25.4 Å². The third-order valence-corrected chi connectivity index (χ3v) is 6.87. The number of fused-ring (bicyclic) bond motifs is 2. The number of amides is 1. The zero-order chi connectivity index (χ0) is 24.7. The molecular formula is C26H30FN5O3. The van der Waals surface area contributed by atoms with Crippen molar-refractivity contribution in [3.8, 4) is 0 Å². The molecule has 8 nitrogen and oxygen atoms in total.